The minimum atomic E-state index is -1.40. The second kappa shape index (κ2) is 3.01. The Bertz CT molecular complexity index is 260. The van der Waals surface area contributed by atoms with Crippen LogP contribution in [-0.2, 0) is 4.79 Å². The van der Waals surface area contributed by atoms with E-state index in [1.54, 1.807) is 0 Å². The van der Waals surface area contributed by atoms with E-state index in [9.17, 15) is 14.7 Å². The summed E-state index contributed by atoms with van der Waals surface area (Å²) in [5, 5.41) is 9.93. The van der Waals surface area contributed by atoms with Crippen molar-refractivity contribution >= 4 is 11.8 Å². The van der Waals surface area contributed by atoms with Crippen LogP contribution in [0.5, 0.6) is 0 Å². The number of rotatable bonds is 3. The lowest BCUT2D eigenvalue weighted by Crippen LogP contribution is -2.25. The van der Waals surface area contributed by atoms with Gasteiger partial charge in [-0.1, -0.05) is 0 Å². The monoisotopic (exact) mass is 153 g/mol. The molecule has 0 aliphatic carbocycles. The van der Waals surface area contributed by atoms with E-state index in [1.165, 1.54) is 18.4 Å². The molecule has 0 unspecified atom stereocenters. The smallest absolute Gasteiger partial charge is 0.203 e. The maximum absolute atomic E-state index is 10.8. The van der Waals surface area contributed by atoms with Gasteiger partial charge in [0.15, 0.2) is 5.76 Å². The summed E-state index contributed by atoms with van der Waals surface area (Å²) in [6.07, 6.45) is 0.677. The normalized spacial score (nSPS) is 9.45. The molecule has 4 heteroatoms. The van der Waals surface area contributed by atoms with Crippen molar-refractivity contribution in [2.75, 3.05) is 0 Å². The first-order valence-electron chi connectivity index (χ1n) is 2.96. The van der Waals surface area contributed by atoms with Crippen LogP contribution in [0.25, 0.3) is 0 Å². The molecule has 0 bridgehead atoms. The first-order valence-corrected chi connectivity index (χ1v) is 2.96. The molecule has 0 amide bonds. The number of carboxylic acid groups (broad SMARTS) is 1. The third kappa shape index (κ3) is 1.93. The van der Waals surface area contributed by atoms with Gasteiger partial charge in [-0.15, -0.1) is 0 Å². The Balaban J connectivity index is 2.64. The molecule has 0 radical (unpaired) electrons. The molecule has 0 spiro atoms. The lowest BCUT2D eigenvalue weighted by Gasteiger charge is -1.96. The summed E-state index contributed by atoms with van der Waals surface area (Å²) in [4.78, 5) is 20.7. The lowest BCUT2D eigenvalue weighted by molar-refractivity contribution is -0.304. The summed E-state index contributed by atoms with van der Waals surface area (Å²) in [6.45, 7) is 0. The van der Waals surface area contributed by atoms with Gasteiger partial charge in [-0.05, 0) is 12.1 Å². The molecule has 0 aromatic carbocycles. The van der Waals surface area contributed by atoms with E-state index in [2.05, 4.69) is 4.42 Å². The quantitative estimate of drug-likeness (QED) is 0.437. The van der Waals surface area contributed by atoms with E-state index in [0.29, 0.717) is 0 Å². The third-order valence-electron chi connectivity index (χ3n) is 1.10. The van der Waals surface area contributed by atoms with Gasteiger partial charge in [0.1, 0.15) is 0 Å². The zero-order valence-corrected chi connectivity index (χ0v) is 5.57. The van der Waals surface area contributed by atoms with Crippen molar-refractivity contribution in [2.24, 2.45) is 0 Å². The average molecular weight is 153 g/mol. The molecule has 11 heavy (non-hydrogen) atoms. The molecule has 0 saturated heterocycles. The molecular weight excluding hydrogens is 148 g/mol. The maximum atomic E-state index is 10.8. The van der Waals surface area contributed by atoms with Crippen LogP contribution in [0.2, 0.25) is 0 Å². The minimum absolute atomic E-state index is 0.0502. The predicted octanol–water partition coefficient (Wildman–Crippen LogP) is -0.398. The van der Waals surface area contributed by atoms with E-state index < -0.39 is 18.2 Å². The average Bonchev–Trinajstić information content (AvgIpc) is 2.35. The number of hydrogen-bond donors (Lipinski definition) is 0. The largest absolute Gasteiger partial charge is 0.550 e. The number of furan rings is 1. The Hall–Kier alpha value is -1.58. The SMILES string of the molecule is O=C([O-])CC(=O)c1ccco1. The summed E-state index contributed by atoms with van der Waals surface area (Å²) in [5.41, 5.74) is 0. The Kier molecular flexibility index (Phi) is 2.06. The summed E-state index contributed by atoms with van der Waals surface area (Å²) in [7, 11) is 0. The second-order valence-corrected chi connectivity index (χ2v) is 1.95. The molecule has 4 nitrogen and oxygen atoms in total. The number of carbonyl (C=O) groups excluding carboxylic acids is 2. The van der Waals surface area contributed by atoms with Crippen LogP contribution in [0.15, 0.2) is 22.8 Å². The topological polar surface area (TPSA) is 70.3 Å². The first-order chi connectivity index (χ1) is 5.20. The maximum Gasteiger partial charge on any atom is 0.203 e. The highest BCUT2D eigenvalue weighted by Gasteiger charge is 2.07. The van der Waals surface area contributed by atoms with Crippen LogP contribution in [0.1, 0.15) is 17.0 Å². The van der Waals surface area contributed by atoms with Crippen LogP contribution >= 0.6 is 0 Å². The summed E-state index contributed by atoms with van der Waals surface area (Å²) < 4.78 is 4.66. The Labute approximate surface area is 62.4 Å². The zero-order chi connectivity index (χ0) is 8.27. The van der Waals surface area contributed by atoms with E-state index in [0.717, 1.165) is 0 Å². The van der Waals surface area contributed by atoms with E-state index in [1.807, 2.05) is 0 Å². The molecule has 0 aliphatic heterocycles. The number of hydrogen-bond acceptors (Lipinski definition) is 4. The van der Waals surface area contributed by atoms with Crippen LogP contribution in [0.3, 0.4) is 0 Å². The van der Waals surface area contributed by atoms with E-state index in [-0.39, 0.29) is 5.76 Å². The highest BCUT2D eigenvalue weighted by Crippen LogP contribution is 2.02. The van der Waals surface area contributed by atoms with Gasteiger partial charge in [0.05, 0.1) is 12.7 Å². The lowest BCUT2D eigenvalue weighted by atomic mass is 10.2. The standard InChI is InChI=1S/C7H6O4/c8-5(4-7(9)10)6-2-1-3-11-6/h1-3H,4H2,(H,9,10)/p-1. The van der Waals surface area contributed by atoms with Gasteiger partial charge >= 0.3 is 0 Å². The fourth-order valence-electron chi connectivity index (χ4n) is 0.655. The fourth-order valence-corrected chi connectivity index (χ4v) is 0.655. The van der Waals surface area contributed by atoms with Crippen LogP contribution in [-0.4, -0.2) is 11.8 Å². The first kappa shape index (κ1) is 7.53. The van der Waals surface area contributed by atoms with E-state index >= 15 is 0 Å². The molecule has 1 heterocycles. The third-order valence-corrected chi connectivity index (χ3v) is 1.10. The molecule has 0 N–H and O–H groups in total. The van der Waals surface area contributed by atoms with Gasteiger partial charge in [0, 0.05) is 5.97 Å². The van der Waals surface area contributed by atoms with Gasteiger partial charge in [0.2, 0.25) is 5.78 Å². The van der Waals surface area contributed by atoms with Crippen molar-refractivity contribution in [3.05, 3.63) is 24.2 Å². The zero-order valence-electron chi connectivity index (χ0n) is 5.57. The number of carbonyl (C=O) groups is 2. The molecule has 1 aromatic heterocycles. The molecule has 1 rings (SSSR count). The molecule has 58 valence electrons. The van der Waals surface area contributed by atoms with Crippen molar-refractivity contribution < 1.29 is 19.1 Å². The van der Waals surface area contributed by atoms with Crippen LogP contribution in [0.4, 0.5) is 0 Å². The highest BCUT2D eigenvalue weighted by molar-refractivity contribution is 6.03. The van der Waals surface area contributed by atoms with Crippen molar-refractivity contribution in [1.82, 2.24) is 0 Å². The van der Waals surface area contributed by atoms with Crippen molar-refractivity contribution in [3.8, 4) is 0 Å². The number of aliphatic carboxylic acids is 1. The van der Waals surface area contributed by atoms with Gasteiger partial charge in [0.25, 0.3) is 0 Å². The van der Waals surface area contributed by atoms with Gasteiger partial charge < -0.3 is 14.3 Å². The molecule has 0 atom stereocenters. The summed E-state index contributed by atoms with van der Waals surface area (Å²) >= 11 is 0. The summed E-state index contributed by atoms with van der Waals surface area (Å²) in [6, 6.07) is 2.92. The number of carboxylic acids is 1. The van der Waals surface area contributed by atoms with Crippen molar-refractivity contribution in [2.45, 2.75) is 6.42 Å². The molecule has 1 aromatic rings. The van der Waals surface area contributed by atoms with Gasteiger partial charge in [-0.3, -0.25) is 4.79 Å². The van der Waals surface area contributed by atoms with Crippen LogP contribution < -0.4 is 5.11 Å². The Morgan fingerprint density at radius 3 is 2.73 bits per heavy atom. The van der Waals surface area contributed by atoms with Crippen LogP contribution in [0, 0.1) is 0 Å². The van der Waals surface area contributed by atoms with Gasteiger partial charge in [-0.25, -0.2) is 0 Å². The summed E-state index contributed by atoms with van der Waals surface area (Å²) in [5.74, 6) is -1.92. The second-order valence-electron chi connectivity index (χ2n) is 1.95. The molecule has 0 fully saturated rings. The Morgan fingerprint density at radius 1 is 1.55 bits per heavy atom. The highest BCUT2D eigenvalue weighted by atomic mass is 16.4. The molecule has 0 saturated carbocycles. The minimum Gasteiger partial charge on any atom is -0.550 e. The molecule has 0 aliphatic rings. The van der Waals surface area contributed by atoms with Crippen molar-refractivity contribution in [1.29, 1.82) is 0 Å². The predicted molar refractivity (Wildman–Crippen MR) is 32.7 cm³/mol. The Morgan fingerprint density at radius 2 is 2.27 bits per heavy atom. The van der Waals surface area contributed by atoms with Gasteiger partial charge in [-0.2, -0.15) is 0 Å². The number of Topliss-reactive ketones (excluding diaryl/α,β-unsaturated/α-hetero) is 1. The fraction of sp³-hybridized carbons (Fsp3) is 0.143. The van der Waals surface area contributed by atoms with Crippen molar-refractivity contribution in [3.63, 3.8) is 0 Å². The van der Waals surface area contributed by atoms with E-state index in [4.69, 9.17) is 0 Å². The number of ketones is 1. The molecular formula is C7H5O4-.